The third kappa shape index (κ3) is 3.97. The van der Waals surface area contributed by atoms with Crippen molar-refractivity contribution in [2.45, 2.75) is 12.8 Å². The van der Waals surface area contributed by atoms with Crippen LogP contribution in [0.1, 0.15) is 12.8 Å². The summed E-state index contributed by atoms with van der Waals surface area (Å²) in [5.41, 5.74) is 1.68. The number of thiazole rings is 1. The molecule has 1 amide bonds. The van der Waals surface area contributed by atoms with Gasteiger partial charge in [-0.05, 0) is 31.0 Å². The maximum Gasteiger partial charge on any atom is 0.292 e. The van der Waals surface area contributed by atoms with Crippen LogP contribution in [0.25, 0.3) is 10.3 Å². The molecule has 2 fully saturated rings. The van der Waals surface area contributed by atoms with E-state index in [9.17, 15) is 14.9 Å². The van der Waals surface area contributed by atoms with Crippen molar-refractivity contribution < 1.29 is 9.72 Å². The fourth-order valence-corrected chi connectivity index (χ4v) is 5.48. The Morgan fingerprint density at radius 3 is 2.47 bits per heavy atom. The summed E-state index contributed by atoms with van der Waals surface area (Å²) in [4.78, 5) is 40.3. The number of rotatable bonds is 4. The van der Waals surface area contributed by atoms with E-state index >= 15 is 0 Å². The summed E-state index contributed by atoms with van der Waals surface area (Å²) >= 11 is 1.59. The van der Waals surface area contributed by atoms with Crippen LogP contribution in [0.3, 0.4) is 0 Å². The average molecular weight is 453 g/mol. The smallest absolute Gasteiger partial charge is 0.292 e. The lowest BCUT2D eigenvalue weighted by Crippen LogP contribution is -2.51. The first-order valence-electron chi connectivity index (χ1n) is 10.8. The van der Waals surface area contributed by atoms with Gasteiger partial charge in [0.15, 0.2) is 5.13 Å². The van der Waals surface area contributed by atoms with Crippen molar-refractivity contribution in [1.29, 1.82) is 0 Å². The molecular weight excluding hydrogens is 428 g/mol. The second-order valence-electron chi connectivity index (χ2n) is 8.14. The first-order valence-corrected chi connectivity index (χ1v) is 11.7. The molecule has 10 heteroatoms. The molecule has 32 heavy (non-hydrogen) atoms. The van der Waals surface area contributed by atoms with Gasteiger partial charge < -0.3 is 14.7 Å². The van der Waals surface area contributed by atoms with Crippen LogP contribution in [0.5, 0.6) is 0 Å². The number of para-hydroxylation sites is 2. The number of carbonyl (C=O) groups excluding carboxylic acids is 1. The van der Waals surface area contributed by atoms with Crippen molar-refractivity contribution in [3.63, 3.8) is 0 Å². The number of hydrogen-bond donors (Lipinski definition) is 0. The molecule has 2 aliphatic rings. The number of amides is 1. The number of hydrogen-bond acceptors (Lipinski definition) is 8. The Labute approximate surface area is 189 Å². The van der Waals surface area contributed by atoms with E-state index in [1.165, 1.54) is 6.07 Å². The van der Waals surface area contributed by atoms with Crippen molar-refractivity contribution in [2.75, 3.05) is 49.1 Å². The third-order valence-corrected chi connectivity index (χ3v) is 7.32. The second kappa shape index (κ2) is 8.70. The highest BCUT2D eigenvalue weighted by atomic mass is 32.1. The molecule has 166 valence electrons. The molecule has 5 rings (SSSR count). The highest BCUT2D eigenvalue weighted by Crippen LogP contribution is 2.32. The van der Waals surface area contributed by atoms with Crippen molar-refractivity contribution >= 4 is 44.1 Å². The van der Waals surface area contributed by atoms with Gasteiger partial charge in [0.25, 0.3) is 5.69 Å². The van der Waals surface area contributed by atoms with Crippen LogP contribution in [-0.2, 0) is 4.79 Å². The van der Waals surface area contributed by atoms with Crippen LogP contribution in [0.15, 0.2) is 42.6 Å². The zero-order chi connectivity index (χ0) is 22.1. The molecular formula is C22H24N6O3S. The predicted octanol–water partition coefficient (Wildman–Crippen LogP) is 3.16. The van der Waals surface area contributed by atoms with E-state index < -0.39 is 0 Å². The van der Waals surface area contributed by atoms with Gasteiger partial charge in [0.05, 0.1) is 4.92 Å². The maximum atomic E-state index is 13.1. The van der Waals surface area contributed by atoms with Gasteiger partial charge in [-0.1, -0.05) is 23.5 Å². The summed E-state index contributed by atoms with van der Waals surface area (Å²) in [5, 5.41) is 12.3. The maximum absolute atomic E-state index is 13.1. The number of pyridine rings is 1. The van der Waals surface area contributed by atoms with Gasteiger partial charge in [-0.2, -0.15) is 0 Å². The van der Waals surface area contributed by atoms with E-state index in [1.54, 1.807) is 29.7 Å². The summed E-state index contributed by atoms with van der Waals surface area (Å²) in [5.74, 6) is 0.185. The first-order chi connectivity index (χ1) is 15.6. The number of benzene rings is 1. The monoisotopic (exact) mass is 452 g/mol. The number of piperazine rings is 1. The van der Waals surface area contributed by atoms with Crippen LogP contribution in [-0.4, -0.2) is 65.0 Å². The number of nitro groups is 1. The largest absolute Gasteiger partial charge is 0.366 e. The molecule has 2 aromatic heterocycles. The summed E-state index contributed by atoms with van der Waals surface area (Å²) in [7, 11) is 0. The summed E-state index contributed by atoms with van der Waals surface area (Å²) in [6, 6.07) is 10.7. The molecule has 0 bridgehead atoms. The number of anilines is 2. The Morgan fingerprint density at radius 2 is 1.75 bits per heavy atom. The Balaban J connectivity index is 1.17. The highest BCUT2D eigenvalue weighted by molar-refractivity contribution is 7.21. The molecule has 0 saturated carbocycles. The Kier molecular flexibility index (Phi) is 5.60. The minimum atomic E-state index is -0.340. The zero-order valence-electron chi connectivity index (χ0n) is 17.6. The van der Waals surface area contributed by atoms with Gasteiger partial charge in [-0.25, -0.2) is 9.97 Å². The predicted molar refractivity (Wildman–Crippen MR) is 124 cm³/mol. The van der Waals surface area contributed by atoms with Crippen molar-refractivity contribution in [3.8, 4) is 0 Å². The van der Waals surface area contributed by atoms with Gasteiger partial charge >= 0.3 is 0 Å². The van der Waals surface area contributed by atoms with Crippen LogP contribution in [0.2, 0.25) is 0 Å². The van der Waals surface area contributed by atoms with Gasteiger partial charge in [0, 0.05) is 57.4 Å². The lowest BCUT2D eigenvalue weighted by molar-refractivity contribution is -0.384. The van der Waals surface area contributed by atoms with E-state index in [1.807, 2.05) is 28.0 Å². The molecule has 2 aliphatic heterocycles. The minimum absolute atomic E-state index is 0.0211. The van der Waals surface area contributed by atoms with Crippen molar-refractivity contribution in [3.05, 3.63) is 52.7 Å². The highest BCUT2D eigenvalue weighted by Gasteiger charge is 2.32. The molecule has 0 radical (unpaired) electrons. The number of fused-ring (bicyclic) bond motifs is 1. The van der Waals surface area contributed by atoms with E-state index in [0.29, 0.717) is 44.7 Å². The zero-order valence-corrected chi connectivity index (χ0v) is 18.4. The molecule has 0 spiro atoms. The van der Waals surface area contributed by atoms with E-state index in [2.05, 4.69) is 14.9 Å². The standard InChI is InChI=1S/C22H24N6O3S/c29-21(16-7-10-25(11-8-16)18-5-1-2-6-19(18)28(30)31)26-12-14-27(15-13-26)22-24-17-4-3-9-23-20(17)32-22/h1-6,9,16H,7-8,10-15H2. The molecule has 1 aromatic carbocycles. The van der Waals surface area contributed by atoms with Gasteiger partial charge in [0.2, 0.25) is 5.91 Å². The first kappa shape index (κ1) is 20.6. The molecule has 0 atom stereocenters. The Bertz CT molecular complexity index is 1100. The van der Waals surface area contributed by atoms with Gasteiger partial charge in [-0.15, -0.1) is 0 Å². The molecule has 9 nitrogen and oxygen atoms in total. The number of piperidine rings is 1. The van der Waals surface area contributed by atoms with E-state index in [-0.39, 0.29) is 22.4 Å². The van der Waals surface area contributed by atoms with Crippen LogP contribution in [0.4, 0.5) is 16.5 Å². The summed E-state index contributed by atoms with van der Waals surface area (Å²) in [6.45, 7) is 4.21. The minimum Gasteiger partial charge on any atom is -0.366 e. The Morgan fingerprint density at radius 1 is 1.00 bits per heavy atom. The van der Waals surface area contributed by atoms with Crippen LogP contribution < -0.4 is 9.80 Å². The average Bonchev–Trinajstić information content (AvgIpc) is 3.28. The summed E-state index contributed by atoms with van der Waals surface area (Å²) < 4.78 is 0. The fraction of sp³-hybridized carbons (Fsp3) is 0.409. The number of aromatic nitrogens is 2. The molecule has 4 heterocycles. The van der Waals surface area contributed by atoms with Crippen LogP contribution in [0, 0.1) is 16.0 Å². The molecule has 0 aliphatic carbocycles. The molecule has 0 unspecified atom stereocenters. The normalized spacial score (nSPS) is 17.7. The SMILES string of the molecule is O=C(C1CCN(c2ccccc2[N+](=O)[O-])CC1)N1CCN(c2nc3cccnc3s2)CC1. The number of nitrogens with zero attached hydrogens (tertiary/aromatic N) is 6. The quantitative estimate of drug-likeness (QED) is 0.443. The topological polar surface area (TPSA) is 95.7 Å². The third-order valence-electron chi connectivity index (χ3n) is 6.28. The lowest BCUT2D eigenvalue weighted by Gasteiger charge is -2.38. The second-order valence-corrected chi connectivity index (χ2v) is 9.10. The van der Waals surface area contributed by atoms with Gasteiger partial charge in [-0.3, -0.25) is 14.9 Å². The van der Waals surface area contributed by atoms with E-state index in [0.717, 1.165) is 28.6 Å². The molecule has 2 saturated heterocycles. The fourth-order valence-electron chi connectivity index (χ4n) is 4.52. The summed E-state index contributed by atoms with van der Waals surface area (Å²) in [6.07, 6.45) is 3.21. The van der Waals surface area contributed by atoms with Gasteiger partial charge in [0.1, 0.15) is 16.0 Å². The number of carbonyl (C=O) groups is 1. The van der Waals surface area contributed by atoms with E-state index in [4.69, 9.17) is 0 Å². The Hall–Kier alpha value is -3.27. The van der Waals surface area contributed by atoms with Crippen LogP contribution >= 0.6 is 11.3 Å². The lowest BCUT2D eigenvalue weighted by atomic mass is 9.94. The van der Waals surface area contributed by atoms with Crippen molar-refractivity contribution in [2.24, 2.45) is 5.92 Å². The molecule has 0 N–H and O–H groups in total. The number of nitro benzene ring substituents is 1. The molecule has 3 aromatic rings. The van der Waals surface area contributed by atoms with Crippen molar-refractivity contribution in [1.82, 2.24) is 14.9 Å².